The third-order valence-corrected chi connectivity index (χ3v) is 10.9. The highest BCUT2D eigenvalue weighted by Gasteiger charge is 2.23. The van der Waals surface area contributed by atoms with E-state index in [9.17, 15) is 0 Å². The van der Waals surface area contributed by atoms with Crippen molar-refractivity contribution in [2.45, 2.75) is 6.42 Å². The van der Waals surface area contributed by atoms with Gasteiger partial charge in [-0.05, 0) is 93.4 Å². The van der Waals surface area contributed by atoms with E-state index in [1.807, 2.05) is 0 Å². The molecule has 0 unspecified atom stereocenters. The van der Waals surface area contributed by atoms with Crippen molar-refractivity contribution in [1.29, 1.82) is 0 Å². The smallest absolute Gasteiger partial charge is 0.0641 e. The molecule has 2 heterocycles. The highest BCUT2D eigenvalue weighted by Crippen LogP contribution is 2.44. The van der Waals surface area contributed by atoms with E-state index in [1.165, 1.54) is 93.8 Å². The second-order valence-electron chi connectivity index (χ2n) is 13.7. The van der Waals surface area contributed by atoms with Crippen LogP contribution in [0.15, 0.2) is 182 Å². The number of nitrogens with zero attached hydrogens (tertiary/aromatic N) is 2. The average Bonchev–Trinajstić information content (AvgIpc) is 3.85. The first-order valence-electron chi connectivity index (χ1n) is 17.7. The van der Waals surface area contributed by atoms with Gasteiger partial charge in [0.25, 0.3) is 0 Å². The van der Waals surface area contributed by atoms with Gasteiger partial charge in [0.15, 0.2) is 0 Å². The van der Waals surface area contributed by atoms with E-state index in [0.717, 1.165) is 12.1 Å². The molecule has 11 rings (SSSR count). The molecule has 2 aromatic heterocycles. The van der Waals surface area contributed by atoms with E-state index in [4.69, 9.17) is 0 Å². The lowest BCUT2D eigenvalue weighted by Crippen LogP contribution is -1.96. The van der Waals surface area contributed by atoms with Crippen LogP contribution in [0.2, 0.25) is 0 Å². The first-order chi connectivity index (χ1) is 25.3. The van der Waals surface area contributed by atoms with Crippen LogP contribution in [0.4, 0.5) is 0 Å². The molecule has 0 saturated heterocycles. The minimum absolute atomic E-state index is 0.969. The maximum Gasteiger partial charge on any atom is 0.0641 e. The standard InChI is InChI=1S/C49H32N2/c1-2-11-32(12-3-1)33-21-23-34(24-22-33)35-14-10-15-38(30-35)50-46-20-9-7-18-44(46)48-47(50)28-27-43-42-17-6-8-19-45(42)51(49(43)48)39-25-26-41-37(31-39)29-36-13-4-5-16-40(36)41/h1-28,30-31H,29H2. The molecule has 0 fully saturated rings. The van der Waals surface area contributed by atoms with Crippen LogP contribution in [0, 0.1) is 0 Å². The van der Waals surface area contributed by atoms with Crippen molar-refractivity contribution < 1.29 is 0 Å². The van der Waals surface area contributed by atoms with Crippen LogP contribution in [0.5, 0.6) is 0 Å². The molecule has 8 aromatic carbocycles. The van der Waals surface area contributed by atoms with Gasteiger partial charge in [-0.15, -0.1) is 0 Å². The predicted molar refractivity (Wildman–Crippen MR) is 214 cm³/mol. The van der Waals surface area contributed by atoms with Crippen molar-refractivity contribution in [2.24, 2.45) is 0 Å². The van der Waals surface area contributed by atoms with E-state index in [2.05, 4.69) is 191 Å². The fraction of sp³-hybridized carbons (Fsp3) is 0.0204. The Hall–Kier alpha value is -6.64. The molecule has 51 heavy (non-hydrogen) atoms. The van der Waals surface area contributed by atoms with Gasteiger partial charge in [0, 0.05) is 32.9 Å². The maximum atomic E-state index is 2.51. The van der Waals surface area contributed by atoms with E-state index in [-0.39, 0.29) is 0 Å². The summed E-state index contributed by atoms with van der Waals surface area (Å²) in [6.45, 7) is 0. The third kappa shape index (κ3) is 4.23. The van der Waals surface area contributed by atoms with E-state index < -0.39 is 0 Å². The van der Waals surface area contributed by atoms with Crippen LogP contribution in [0.3, 0.4) is 0 Å². The molecular formula is C49H32N2. The first-order valence-corrected chi connectivity index (χ1v) is 17.7. The number of benzene rings is 8. The number of hydrogen-bond acceptors (Lipinski definition) is 0. The molecular weight excluding hydrogens is 617 g/mol. The summed E-state index contributed by atoms with van der Waals surface area (Å²) < 4.78 is 4.96. The molecule has 0 spiro atoms. The van der Waals surface area contributed by atoms with E-state index >= 15 is 0 Å². The quantitative estimate of drug-likeness (QED) is 0.180. The van der Waals surface area contributed by atoms with Crippen LogP contribution in [0.25, 0.3) is 88.4 Å². The Balaban J connectivity index is 1.13. The van der Waals surface area contributed by atoms with Crippen LogP contribution < -0.4 is 0 Å². The van der Waals surface area contributed by atoms with Crippen molar-refractivity contribution in [3.8, 4) is 44.8 Å². The predicted octanol–water partition coefficient (Wildman–Crippen LogP) is 12.8. The van der Waals surface area contributed by atoms with E-state index in [0.29, 0.717) is 0 Å². The summed E-state index contributed by atoms with van der Waals surface area (Å²) in [6.07, 6.45) is 0.969. The Morgan fingerprint density at radius 3 is 1.80 bits per heavy atom. The Kier molecular flexibility index (Phi) is 6.05. The highest BCUT2D eigenvalue weighted by molar-refractivity contribution is 6.26. The molecule has 2 nitrogen and oxygen atoms in total. The van der Waals surface area contributed by atoms with Gasteiger partial charge >= 0.3 is 0 Å². The van der Waals surface area contributed by atoms with Crippen molar-refractivity contribution in [2.75, 3.05) is 0 Å². The van der Waals surface area contributed by atoms with Crippen LogP contribution in [0.1, 0.15) is 11.1 Å². The zero-order valence-electron chi connectivity index (χ0n) is 27.9. The summed E-state index contributed by atoms with van der Waals surface area (Å²) in [5.41, 5.74) is 17.6. The molecule has 10 aromatic rings. The summed E-state index contributed by atoms with van der Waals surface area (Å²) >= 11 is 0. The zero-order chi connectivity index (χ0) is 33.5. The Morgan fingerprint density at radius 2 is 0.961 bits per heavy atom. The van der Waals surface area contributed by atoms with Gasteiger partial charge in [-0.1, -0.05) is 140 Å². The average molecular weight is 649 g/mol. The lowest BCUT2D eigenvalue weighted by atomic mass is 10.00. The summed E-state index contributed by atoms with van der Waals surface area (Å²) in [4.78, 5) is 0. The molecule has 238 valence electrons. The maximum absolute atomic E-state index is 2.51. The monoisotopic (exact) mass is 648 g/mol. The van der Waals surface area contributed by atoms with E-state index in [1.54, 1.807) is 0 Å². The minimum Gasteiger partial charge on any atom is -0.309 e. The molecule has 0 aliphatic heterocycles. The van der Waals surface area contributed by atoms with Gasteiger partial charge in [-0.2, -0.15) is 0 Å². The second kappa shape index (κ2) is 10.9. The van der Waals surface area contributed by atoms with Crippen molar-refractivity contribution in [1.82, 2.24) is 9.13 Å². The van der Waals surface area contributed by atoms with Crippen molar-refractivity contribution >= 4 is 43.6 Å². The Bertz CT molecular complexity index is 2980. The van der Waals surface area contributed by atoms with Gasteiger partial charge in [-0.25, -0.2) is 0 Å². The summed E-state index contributed by atoms with van der Waals surface area (Å²) in [6, 6.07) is 66.8. The second-order valence-corrected chi connectivity index (χ2v) is 13.7. The fourth-order valence-electron chi connectivity index (χ4n) is 8.64. The highest BCUT2D eigenvalue weighted by atomic mass is 15.0. The van der Waals surface area contributed by atoms with Crippen molar-refractivity contribution in [3.63, 3.8) is 0 Å². The minimum atomic E-state index is 0.969. The number of aromatic nitrogens is 2. The zero-order valence-corrected chi connectivity index (χ0v) is 27.9. The van der Waals surface area contributed by atoms with Gasteiger partial charge in [0.05, 0.1) is 22.1 Å². The van der Waals surface area contributed by atoms with Crippen LogP contribution >= 0.6 is 0 Å². The summed E-state index contributed by atoms with van der Waals surface area (Å²) in [5, 5.41) is 5.09. The fourth-order valence-corrected chi connectivity index (χ4v) is 8.64. The van der Waals surface area contributed by atoms with Crippen LogP contribution in [-0.4, -0.2) is 9.13 Å². The third-order valence-electron chi connectivity index (χ3n) is 10.9. The number of para-hydroxylation sites is 2. The van der Waals surface area contributed by atoms with Gasteiger partial charge in [0.1, 0.15) is 0 Å². The first kappa shape index (κ1) is 28.2. The largest absolute Gasteiger partial charge is 0.309 e. The van der Waals surface area contributed by atoms with Gasteiger partial charge in [-0.3, -0.25) is 0 Å². The SMILES string of the molecule is c1ccc(-c2ccc(-c3cccc(-n4c5ccccc5c5c4ccc4c6ccccc6n(-c6ccc7c(c6)Cc6ccccc6-7)c45)c3)cc2)cc1. The molecule has 0 saturated carbocycles. The summed E-state index contributed by atoms with van der Waals surface area (Å²) in [7, 11) is 0. The van der Waals surface area contributed by atoms with Gasteiger partial charge < -0.3 is 9.13 Å². The summed E-state index contributed by atoms with van der Waals surface area (Å²) in [5.74, 6) is 0. The molecule has 0 amide bonds. The normalized spacial score (nSPS) is 12.2. The van der Waals surface area contributed by atoms with Gasteiger partial charge in [0.2, 0.25) is 0 Å². The molecule has 0 radical (unpaired) electrons. The lowest BCUT2D eigenvalue weighted by Gasteiger charge is -2.12. The number of rotatable bonds is 4. The molecule has 0 N–H and O–H groups in total. The molecule has 0 bridgehead atoms. The van der Waals surface area contributed by atoms with Crippen LogP contribution in [-0.2, 0) is 6.42 Å². The lowest BCUT2D eigenvalue weighted by molar-refractivity contribution is 1.16. The molecule has 1 aliphatic carbocycles. The molecule has 2 heteroatoms. The number of fused-ring (bicyclic) bond motifs is 10. The Morgan fingerprint density at radius 1 is 0.333 bits per heavy atom. The molecule has 0 atom stereocenters. The molecule has 1 aliphatic rings. The topological polar surface area (TPSA) is 9.86 Å². The Labute approximate surface area is 296 Å². The number of hydrogen-bond donors (Lipinski definition) is 0. The van der Waals surface area contributed by atoms with Crippen molar-refractivity contribution in [3.05, 3.63) is 193 Å².